The fourth-order valence-electron chi connectivity index (χ4n) is 3.67. The molecule has 2 fully saturated rings. The number of nitrogens with zero attached hydrogens (tertiary/aromatic N) is 2. The second-order valence-electron chi connectivity index (χ2n) is 8.29. The fourth-order valence-corrected chi connectivity index (χ4v) is 3.78. The molecule has 138 valence electrons. The molecule has 1 aromatic heterocycles. The zero-order valence-electron chi connectivity index (χ0n) is 15.2. The van der Waals surface area contributed by atoms with Gasteiger partial charge in [-0.2, -0.15) is 0 Å². The monoisotopic (exact) mass is 366 g/mol. The van der Waals surface area contributed by atoms with Crippen molar-refractivity contribution in [3.05, 3.63) is 29.0 Å². The Labute approximate surface area is 154 Å². The molecule has 2 aliphatic rings. The van der Waals surface area contributed by atoms with Crippen LogP contribution in [0.1, 0.15) is 58.1 Å². The van der Waals surface area contributed by atoms with Crippen molar-refractivity contribution >= 4 is 17.7 Å². The molecule has 1 amide bonds. The number of piperidine rings is 1. The fraction of sp³-hybridized carbons (Fsp3) is 0.684. The van der Waals surface area contributed by atoms with Crippen LogP contribution < -0.4 is 0 Å². The Kier molecular flexibility index (Phi) is 5.00. The second-order valence-corrected chi connectivity index (χ2v) is 8.72. The zero-order chi connectivity index (χ0) is 18.2. The highest BCUT2D eigenvalue weighted by molar-refractivity contribution is 6.30. The van der Waals surface area contributed by atoms with E-state index in [1.807, 2.05) is 32.9 Å². The Morgan fingerprint density at radius 1 is 1.36 bits per heavy atom. The molecule has 5 nitrogen and oxygen atoms in total. The number of hydrogen-bond donors (Lipinski definition) is 1. The van der Waals surface area contributed by atoms with E-state index in [0.29, 0.717) is 36.9 Å². The number of amides is 1. The van der Waals surface area contributed by atoms with Crippen LogP contribution in [-0.4, -0.2) is 45.4 Å². The van der Waals surface area contributed by atoms with Crippen LogP contribution in [0.15, 0.2) is 18.3 Å². The van der Waals surface area contributed by atoms with Crippen molar-refractivity contribution < 1.29 is 14.6 Å². The third kappa shape index (κ3) is 4.45. The predicted molar refractivity (Wildman–Crippen MR) is 96.7 cm³/mol. The van der Waals surface area contributed by atoms with Gasteiger partial charge in [-0.1, -0.05) is 11.6 Å². The third-order valence-electron chi connectivity index (χ3n) is 5.02. The molecule has 0 spiro atoms. The summed E-state index contributed by atoms with van der Waals surface area (Å²) in [6.07, 6.45) is 4.66. The van der Waals surface area contributed by atoms with Gasteiger partial charge in [-0.3, -0.25) is 4.98 Å². The van der Waals surface area contributed by atoms with Crippen LogP contribution in [0.4, 0.5) is 4.79 Å². The first kappa shape index (κ1) is 18.5. The maximum Gasteiger partial charge on any atom is 0.410 e. The largest absolute Gasteiger partial charge is 0.444 e. The second kappa shape index (κ2) is 6.76. The zero-order valence-corrected chi connectivity index (χ0v) is 15.9. The van der Waals surface area contributed by atoms with Crippen molar-refractivity contribution in [3.63, 3.8) is 0 Å². The van der Waals surface area contributed by atoms with E-state index in [0.717, 1.165) is 18.5 Å². The van der Waals surface area contributed by atoms with Crippen LogP contribution in [0.25, 0.3) is 0 Å². The summed E-state index contributed by atoms with van der Waals surface area (Å²) in [5.41, 5.74) is -0.435. The molecule has 1 saturated heterocycles. The van der Waals surface area contributed by atoms with Crippen molar-refractivity contribution in [1.82, 2.24) is 9.88 Å². The lowest BCUT2D eigenvalue weighted by molar-refractivity contribution is -0.0538. The van der Waals surface area contributed by atoms with Crippen molar-refractivity contribution in [1.29, 1.82) is 0 Å². The summed E-state index contributed by atoms with van der Waals surface area (Å²) in [5, 5.41) is 11.9. The summed E-state index contributed by atoms with van der Waals surface area (Å²) >= 11 is 5.96. The molecule has 1 N–H and O–H groups in total. The highest BCUT2D eigenvalue weighted by Gasteiger charge is 2.49. The summed E-state index contributed by atoms with van der Waals surface area (Å²) in [5.74, 6) is 0.470. The first-order valence-corrected chi connectivity index (χ1v) is 9.37. The molecule has 1 aliphatic carbocycles. The molecule has 0 radical (unpaired) electrons. The van der Waals surface area contributed by atoms with Gasteiger partial charge >= 0.3 is 6.09 Å². The molecule has 1 aliphatic heterocycles. The standard InChI is InChI=1S/C19H27ClN2O3/c1-18(2,3)25-17(23)22-10-8-19(24,9-11-22)16(13-4-5-13)15-7-6-14(20)12-21-15/h6-7,12-13,16,24H,4-5,8-11H2,1-3H3/t16-/m1/s1. The number of rotatable bonds is 3. The van der Waals surface area contributed by atoms with Gasteiger partial charge < -0.3 is 14.7 Å². The van der Waals surface area contributed by atoms with E-state index in [-0.39, 0.29) is 12.0 Å². The van der Waals surface area contributed by atoms with E-state index in [1.54, 1.807) is 11.1 Å². The number of carbonyl (C=O) groups excluding carboxylic acids is 1. The van der Waals surface area contributed by atoms with Crippen molar-refractivity contribution in [2.45, 2.75) is 63.6 Å². The summed E-state index contributed by atoms with van der Waals surface area (Å²) < 4.78 is 5.44. The summed E-state index contributed by atoms with van der Waals surface area (Å²) in [6.45, 7) is 6.59. The molecule has 0 bridgehead atoms. The van der Waals surface area contributed by atoms with Crippen LogP contribution in [-0.2, 0) is 4.74 Å². The van der Waals surface area contributed by atoms with Gasteiger partial charge in [-0.25, -0.2) is 4.79 Å². The van der Waals surface area contributed by atoms with Crippen LogP contribution in [0, 0.1) is 5.92 Å². The molecule has 2 heterocycles. The number of likely N-dealkylation sites (tertiary alicyclic amines) is 1. The van der Waals surface area contributed by atoms with Crippen LogP contribution in [0.5, 0.6) is 0 Å². The van der Waals surface area contributed by atoms with E-state index < -0.39 is 11.2 Å². The highest BCUT2D eigenvalue weighted by Crippen LogP contribution is 2.50. The van der Waals surface area contributed by atoms with Gasteiger partial charge in [0.1, 0.15) is 5.60 Å². The minimum atomic E-state index is -0.833. The highest BCUT2D eigenvalue weighted by atomic mass is 35.5. The van der Waals surface area contributed by atoms with Gasteiger partial charge in [0.2, 0.25) is 0 Å². The number of carbonyl (C=O) groups is 1. The van der Waals surface area contributed by atoms with E-state index in [4.69, 9.17) is 16.3 Å². The van der Waals surface area contributed by atoms with E-state index in [1.165, 1.54) is 0 Å². The van der Waals surface area contributed by atoms with E-state index in [9.17, 15) is 9.90 Å². The predicted octanol–water partition coefficient (Wildman–Crippen LogP) is 3.99. The lowest BCUT2D eigenvalue weighted by Gasteiger charge is -2.43. The maximum absolute atomic E-state index is 12.2. The Balaban J connectivity index is 1.70. The lowest BCUT2D eigenvalue weighted by Crippen LogP contribution is -2.51. The summed E-state index contributed by atoms with van der Waals surface area (Å²) in [6, 6.07) is 3.75. The molecular formula is C19H27ClN2O3. The molecule has 0 unspecified atom stereocenters. The molecule has 6 heteroatoms. The first-order chi connectivity index (χ1) is 11.7. The number of hydrogen-bond acceptors (Lipinski definition) is 4. The summed E-state index contributed by atoms with van der Waals surface area (Å²) in [7, 11) is 0. The van der Waals surface area contributed by atoms with Crippen LogP contribution in [0.2, 0.25) is 5.02 Å². The number of aliphatic hydroxyl groups is 1. The van der Waals surface area contributed by atoms with Crippen LogP contribution in [0.3, 0.4) is 0 Å². The Morgan fingerprint density at radius 3 is 2.48 bits per heavy atom. The minimum absolute atomic E-state index is 0.00514. The lowest BCUT2D eigenvalue weighted by atomic mass is 9.75. The Hall–Kier alpha value is -1.33. The van der Waals surface area contributed by atoms with Gasteiger partial charge in [-0.15, -0.1) is 0 Å². The van der Waals surface area contributed by atoms with Crippen LogP contribution >= 0.6 is 11.6 Å². The Bertz CT molecular complexity index is 615. The van der Waals surface area contributed by atoms with E-state index in [2.05, 4.69) is 4.98 Å². The van der Waals surface area contributed by atoms with Crippen molar-refractivity contribution in [2.24, 2.45) is 5.92 Å². The maximum atomic E-state index is 12.2. The van der Waals surface area contributed by atoms with Crippen molar-refractivity contribution in [2.75, 3.05) is 13.1 Å². The molecule has 1 atom stereocenters. The average Bonchev–Trinajstić information content (AvgIpc) is 3.33. The molecular weight excluding hydrogens is 340 g/mol. The van der Waals surface area contributed by atoms with Gasteiger partial charge in [0.15, 0.2) is 0 Å². The third-order valence-corrected chi connectivity index (χ3v) is 5.25. The molecule has 1 saturated carbocycles. The van der Waals surface area contributed by atoms with Crippen molar-refractivity contribution in [3.8, 4) is 0 Å². The number of ether oxygens (including phenoxy) is 1. The SMILES string of the molecule is CC(C)(C)OC(=O)N1CCC(O)([C@@H](c2ccc(Cl)cn2)C2CC2)CC1. The average molecular weight is 367 g/mol. The Morgan fingerprint density at radius 2 is 2.00 bits per heavy atom. The van der Waals surface area contributed by atoms with Gasteiger partial charge in [0.25, 0.3) is 0 Å². The first-order valence-electron chi connectivity index (χ1n) is 9.00. The van der Waals surface area contributed by atoms with E-state index >= 15 is 0 Å². The molecule has 1 aromatic rings. The van der Waals surface area contributed by atoms with Gasteiger partial charge in [0, 0.05) is 30.9 Å². The number of halogens is 1. The molecule has 0 aromatic carbocycles. The molecule has 3 rings (SSSR count). The molecule has 25 heavy (non-hydrogen) atoms. The number of pyridine rings is 1. The summed E-state index contributed by atoms with van der Waals surface area (Å²) in [4.78, 5) is 18.4. The normalized spacial score (nSPS) is 21.7. The number of aromatic nitrogens is 1. The van der Waals surface area contributed by atoms with Gasteiger partial charge in [0.05, 0.1) is 10.6 Å². The quantitative estimate of drug-likeness (QED) is 0.878. The minimum Gasteiger partial charge on any atom is -0.444 e. The smallest absolute Gasteiger partial charge is 0.410 e. The topological polar surface area (TPSA) is 62.7 Å². The van der Waals surface area contributed by atoms with Gasteiger partial charge in [-0.05, 0) is 64.5 Å².